The van der Waals surface area contributed by atoms with Gasteiger partial charge in [-0.25, -0.2) is 0 Å². The van der Waals surface area contributed by atoms with Crippen LogP contribution in [-0.2, 0) is 27.1 Å². The minimum atomic E-state index is -0.739. The van der Waals surface area contributed by atoms with Crippen LogP contribution >= 0.6 is 0 Å². The number of nitriles is 2. The number of pyridine rings is 2. The zero-order valence-corrected chi connectivity index (χ0v) is 42.5. The van der Waals surface area contributed by atoms with Gasteiger partial charge in [0.05, 0.1) is 56.6 Å². The zero-order chi connectivity index (χ0) is 50.4. The van der Waals surface area contributed by atoms with Gasteiger partial charge in [-0.1, -0.05) is 149 Å². The van der Waals surface area contributed by atoms with Crippen molar-refractivity contribution >= 4 is 34.1 Å². The molecule has 6 heteroatoms. The van der Waals surface area contributed by atoms with Gasteiger partial charge in [0, 0.05) is 39.5 Å². The van der Waals surface area contributed by atoms with Crippen LogP contribution in [0.4, 0.5) is 34.1 Å². The summed E-state index contributed by atoms with van der Waals surface area (Å²) in [6, 6.07) is 66.3. The monoisotopic (exact) mass is 942 g/mol. The van der Waals surface area contributed by atoms with Crippen molar-refractivity contribution in [1.82, 2.24) is 9.97 Å². The van der Waals surface area contributed by atoms with Crippen molar-refractivity contribution in [3.63, 3.8) is 0 Å². The van der Waals surface area contributed by atoms with E-state index in [1.807, 2.05) is 30.6 Å². The maximum atomic E-state index is 12.2. The third-order valence-corrected chi connectivity index (χ3v) is 17.5. The molecule has 0 bridgehead atoms. The van der Waals surface area contributed by atoms with Crippen LogP contribution in [0.15, 0.2) is 182 Å². The SMILES string of the molecule is CC1(C)c2cc(-c3ccccc3)ccc2N(c2c(C#N)c(C#N)c3c(c2N2c4ccc(-c5ccccc5)cc4C(C)(C)c4ncccc42)C(C)(C)C2(c4ccccc4-c4ccccc42)C3(C)C)c2cccnc21. The molecule has 0 fully saturated rings. The highest BCUT2D eigenvalue weighted by molar-refractivity contribution is 6.04. The minimum Gasteiger partial charge on any atom is -0.306 e. The van der Waals surface area contributed by atoms with Gasteiger partial charge in [0.15, 0.2) is 0 Å². The van der Waals surface area contributed by atoms with Crippen molar-refractivity contribution in [1.29, 1.82) is 10.5 Å². The Kier molecular flexibility index (Phi) is 9.25. The first kappa shape index (κ1) is 44.4. The molecule has 13 rings (SSSR count). The van der Waals surface area contributed by atoms with Crippen LogP contribution in [0, 0.1) is 22.7 Å². The summed E-state index contributed by atoms with van der Waals surface area (Å²) < 4.78 is 0. The molecular weight excluding hydrogens is 889 g/mol. The topological polar surface area (TPSA) is 79.8 Å². The van der Waals surface area contributed by atoms with Gasteiger partial charge in [-0.15, -0.1) is 0 Å². The third-order valence-electron chi connectivity index (χ3n) is 17.5. The van der Waals surface area contributed by atoms with Crippen LogP contribution < -0.4 is 9.80 Å². The molecule has 2 aliphatic heterocycles. The van der Waals surface area contributed by atoms with Crippen molar-refractivity contribution < 1.29 is 0 Å². The van der Waals surface area contributed by atoms with Gasteiger partial charge in [0.1, 0.15) is 12.1 Å². The minimum absolute atomic E-state index is 0.321. The Morgan fingerprint density at radius 1 is 0.384 bits per heavy atom. The van der Waals surface area contributed by atoms with E-state index in [0.29, 0.717) is 16.8 Å². The summed E-state index contributed by atoms with van der Waals surface area (Å²) in [5, 5.41) is 24.3. The first-order chi connectivity index (χ1) is 35.2. The largest absolute Gasteiger partial charge is 0.306 e. The average molecular weight is 943 g/mol. The Bertz CT molecular complexity index is 3860. The van der Waals surface area contributed by atoms with Gasteiger partial charge >= 0.3 is 0 Å². The highest BCUT2D eigenvalue weighted by atomic mass is 15.2. The van der Waals surface area contributed by atoms with E-state index < -0.39 is 27.1 Å². The van der Waals surface area contributed by atoms with Crippen molar-refractivity contribution in [2.45, 2.75) is 82.5 Å². The predicted molar refractivity (Wildman–Crippen MR) is 295 cm³/mol. The van der Waals surface area contributed by atoms with Gasteiger partial charge in [-0.2, -0.15) is 10.5 Å². The standard InChI is InChI=1S/C67H54N6/c1-63(2)51-37-43(41-21-11-9-12-22-41)31-33-53(51)72(55-29-19-35-70-61(55)63)59-48(40-69)47(39-68)57-58(66(7,8)67(65(57,5)6)49-27-17-15-25-45(49)46-26-16-18-28-50(46)67)60(59)73-54-34-32-44(42-23-13-10-14-24-42)38-52(54)64(3,4)62-56(73)30-20-36-71-62/h9-38H,1-8H3. The molecule has 6 nitrogen and oxygen atoms in total. The molecule has 0 atom stereocenters. The normalized spacial score (nSPS) is 17.0. The summed E-state index contributed by atoms with van der Waals surface area (Å²) >= 11 is 0. The van der Waals surface area contributed by atoms with Crippen LogP contribution in [0.25, 0.3) is 33.4 Å². The molecule has 1 spiro atoms. The molecule has 0 amide bonds. The molecule has 7 aromatic carbocycles. The van der Waals surface area contributed by atoms with Crippen LogP contribution in [0.1, 0.15) is 111 Å². The molecule has 0 unspecified atom stereocenters. The number of hydrogen-bond acceptors (Lipinski definition) is 6. The lowest BCUT2D eigenvalue weighted by Crippen LogP contribution is -2.51. The first-order valence-corrected chi connectivity index (χ1v) is 25.4. The second kappa shape index (κ2) is 15.2. The lowest BCUT2D eigenvalue weighted by atomic mass is 9.52. The smallest absolute Gasteiger partial charge is 0.103 e. The Morgan fingerprint density at radius 2 is 0.808 bits per heavy atom. The maximum Gasteiger partial charge on any atom is 0.103 e. The van der Waals surface area contributed by atoms with Crippen LogP contribution in [-0.4, -0.2) is 9.97 Å². The fourth-order valence-electron chi connectivity index (χ4n) is 14.5. The van der Waals surface area contributed by atoms with E-state index in [-0.39, 0.29) is 0 Å². The van der Waals surface area contributed by atoms with Crippen molar-refractivity contribution in [3.05, 3.63) is 238 Å². The highest BCUT2D eigenvalue weighted by Gasteiger charge is 2.69. The summed E-state index contributed by atoms with van der Waals surface area (Å²) in [5.41, 5.74) is 17.8. The van der Waals surface area contributed by atoms with E-state index in [9.17, 15) is 10.5 Å². The average Bonchev–Trinajstić information content (AvgIpc) is 3.80. The lowest BCUT2D eigenvalue weighted by Gasteiger charge is -2.50. The number of fused-ring (bicyclic) bond motifs is 10. The van der Waals surface area contributed by atoms with E-state index in [1.54, 1.807) is 0 Å². The summed E-state index contributed by atoms with van der Waals surface area (Å²) in [6.07, 6.45) is 3.78. The molecule has 0 N–H and O–H groups in total. The lowest BCUT2D eigenvalue weighted by molar-refractivity contribution is 0.231. The summed E-state index contributed by atoms with van der Waals surface area (Å²) in [5.74, 6) is 0. The molecule has 9 aromatic rings. The number of anilines is 6. The quantitative estimate of drug-likeness (QED) is 0.175. The molecule has 0 saturated carbocycles. The van der Waals surface area contributed by atoms with E-state index in [4.69, 9.17) is 9.97 Å². The number of nitrogens with zero attached hydrogens (tertiary/aromatic N) is 6. The second-order valence-corrected chi connectivity index (χ2v) is 22.4. The predicted octanol–water partition coefficient (Wildman–Crippen LogP) is 16.3. The molecule has 73 heavy (non-hydrogen) atoms. The van der Waals surface area contributed by atoms with Gasteiger partial charge < -0.3 is 9.80 Å². The summed E-state index contributed by atoms with van der Waals surface area (Å²) in [7, 11) is 0. The summed E-state index contributed by atoms with van der Waals surface area (Å²) in [6.45, 7) is 18.5. The molecule has 4 aliphatic rings. The van der Waals surface area contributed by atoms with E-state index in [1.165, 1.54) is 22.3 Å². The van der Waals surface area contributed by atoms with Crippen molar-refractivity contribution in [2.75, 3.05) is 9.80 Å². The first-order valence-electron chi connectivity index (χ1n) is 25.4. The molecule has 4 heterocycles. The Hall–Kier alpha value is -8.58. The Labute approximate surface area is 428 Å². The molecule has 2 aliphatic carbocycles. The van der Waals surface area contributed by atoms with Crippen molar-refractivity contribution in [2.24, 2.45) is 0 Å². The van der Waals surface area contributed by atoms with Gasteiger partial charge in [0.2, 0.25) is 0 Å². The van der Waals surface area contributed by atoms with Gasteiger partial charge in [0.25, 0.3) is 0 Å². The third kappa shape index (κ3) is 5.56. The number of benzene rings is 7. The van der Waals surface area contributed by atoms with Gasteiger partial charge in [-0.05, 0) is 143 Å². The van der Waals surface area contributed by atoms with Crippen LogP contribution in [0.3, 0.4) is 0 Å². The number of aromatic nitrogens is 2. The van der Waals surface area contributed by atoms with Gasteiger partial charge in [-0.3, -0.25) is 9.97 Å². The highest BCUT2D eigenvalue weighted by Crippen LogP contribution is 2.74. The molecular formula is C67H54N6. The van der Waals surface area contributed by atoms with E-state index in [0.717, 1.165) is 84.3 Å². The van der Waals surface area contributed by atoms with Crippen LogP contribution in [0.2, 0.25) is 0 Å². The van der Waals surface area contributed by atoms with E-state index >= 15 is 0 Å². The molecule has 2 aromatic heterocycles. The molecule has 0 radical (unpaired) electrons. The van der Waals surface area contributed by atoms with Crippen molar-refractivity contribution in [3.8, 4) is 45.5 Å². The van der Waals surface area contributed by atoms with E-state index in [2.05, 4.69) is 229 Å². The fourth-order valence-corrected chi connectivity index (χ4v) is 14.5. The number of hydrogen-bond donors (Lipinski definition) is 0. The Morgan fingerprint density at radius 3 is 1.27 bits per heavy atom. The zero-order valence-electron chi connectivity index (χ0n) is 42.5. The maximum absolute atomic E-state index is 12.2. The molecule has 0 saturated heterocycles. The molecule has 352 valence electrons. The second-order valence-electron chi connectivity index (χ2n) is 22.4. The van der Waals surface area contributed by atoms with Crippen LogP contribution in [0.5, 0.6) is 0 Å². The fraction of sp³-hybridized carbons (Fsp3) is 0.194. The summed E-state index contributed by atoms with van der Waals surface area (Å²) in [4.78, 5) is 15.2. The Balaban J connectivity index is 1.24. The number of rotatable bonds is 4.